The fourth-order valence-corrected chi connectivity index (χ4v) is 2.67. The second-order valence-electron chi connectivity index (χ2n) is 4.87. The van der Waals surface area contributed by atoms with Crippen LogP contribution in [0.15, 0.2) is 42.5 Å². The standard InChI is InChI=1S/C18H16O/c1-13-6-5-9-15-11-10-14-7-3-4-8-16(14)12-17(19-2)18(13)15/h3-9,17H,12H2,1-2H3. The molecule has 2 aromatic rings. The van der Waals surface area contributed by atoms with Gasteiger partial charge in [0.2, 0.25) is 0 Å². The van der Waals surface area contributed by atoms with Crippen LogP contribution in [0.4, 0.5) is 0 Å². The minimum absolute atomic E-state index is 0.0759. The quantitative estimate of drug-likeness (QED) is 0.700. The average molecular weight is 248 g/mol. The number of ether oxygens (including phenoxy) is 1. The molecule has 0 fully saturated rings. The summed E-state index contributed by atoms with van der Waals surface area (Å²) in [7, 11) is 1.78. The molecule has 1 aliphatic carbocycles. The van der Waals surface area contributed by atoms with Crippen molar-refractivity contribution in [3.8, 4) is 11.8 Å². The molecule has 94 valence electrons. The normalized spacial score (nSPS) is 16.4. The zero-order chi connectivity index (χ0) is 13.2. The molecular formula is C18H16O. The number of benzene rings is 2. The molecule has 1 unspecified atom stereocenters. The second-order valence-corrected chi connectivity index (χ2v) is 4.87. The number of methoxy groups -OCH3 is 1. The summed E-state index contributed by atoms with van der Waals surface area (Å²) in [6.45, 7) is 2.13. The molecule has 0 amide bonds. The van der Waals surface area contributed by atoms with E-state index in [1.54, 1.807) is 7.11 Å². The first-order valence-electron chi connectivity index (χ1n) is 6.52. The Kier molecular flexibility index (Phi) is 3.11. The van der Waals surface area contributed by atoms with Gasteiger partial charge in [0.05, 0.1) is 6.10 Å². The molecule has 0 aromatic heterocycles. The highest BCUT2D eigenvalue weighted by atomic mass is 16.5. The molecule has 0 N–H and O–H groups in total. The van der Waals surface area contributed by atoms with Crippen molar-refractivity contribution >= 4 is 0 Å². The van der Waals surface area contributed by atoms with Crippen LogP contribution in [0.1, 0.15) is 33.9 Å². The van der Waals surface area contributed by atoms with Gasteiger partial charge >= 0.3 is 0 Å². The van der Waals surface area contributed by atoms with Gasteiger partial charge in [-0.15, -0.1) is 0 Å². The van der Waals surface area contributed by atoms with Crippen LogP contribution >= 0.6 is 0 Å². The van der Waals surface area contributed by atoms with Crippen LogP contribution in [-0.4, -0.2) is 7.11 Å². The highest BCUT2D eigenvalue weighted by Crippen LogP contribution is 2.30. The maximum atomic E-state index is 5.72. The van der Waals surface area contributed by atoms with Crippen LogP contribution in [0.5, 0.6) is 0 Å². The molecule has 19 heavy (non-hydrogen) atoms. The Balaban J connectivity index is 2.23. The molecule has 1 aliphatic rings. The van der Waals surface area contributed by atoms with E-state index in [2.05, 4.69) is 55.2 Å². The number of fused-ring (bicyclic) bond motifs is 2. The van der Waals surface area contributed by atoms with Gasteiger partial charge in [-0.25, -0.2) is 0 Å². The van der Waals surface area contributed by atoms with Crippen molar-refractivity contribution in [1.29, 1.82) is 0 Å². The lowest BCUT2D eigenvalue weighted by atomic mass is 9.89. The van der Waals surface area contributed by atoms with Gasteiger partial charge in [0, 0.05) is 24.7 Å². The van der Waals surface area contributed by atoms with E-state index in [0.717, 1.165) is 17.5 Å². The van der Waals surface area contributed by atoms with Crippen LogP contribution in [0.3, 0.4) is 0 Å². The maximum Gasteiger partial charge on any atom is 0.0876 e. The van der Waals surface area contributed by atoms with Crippen molar-refractivity contribution in [2.75, 3.05) is 7.11 Å². The second kappa shape index (κ2) is 4.91. The summed E-state index contributed by atoms with van der Waals surface area (Å²) in [6, 6.07) is 14.6. The predicted molar refractivity (Wildman–Crippen MR) is 77.1 cm³/mol. The molecule has 0 aliphatic heterocycles. The van der Waals surface area contributed by atoms with Crippen molar-refractivity contribution in [3.05, 3.63) is 70.3 Å². The van der Waals surface area contributed by atoms with Crippen molar-refractivity contribution < 1.29 is 4.74 Å². The monoisotopic (exact) mass is 248 g/mol. The summed E-state index contributed by atoms with van der Waals surface area (Å²) in [5.41, 5.74) is 5.93. The van der Waals surface area contributed by atoms with E-state index in [9.17, 15) is 0 Å². The van der Waals surface area contributed by atoms with Crippen molar-refractivity contribution in [1.82, 2.24) is 0 Å². The Morgan fingerprint density at radius 1 is 1.00 bits per heavy atom. The highest BCUT2D eigenvalue weighted by Gasteiger charge is 2.19. The van der Waals surface area contributed by atoms with E-state index in [-0.39, 0.29) is 6.10 Å². The van der Waals surface area contributed by atoms with E-state index in [1.165, 1.54) is 16.7 Å². The van der Waals surface area contributed by atoms with Crippen LogP contribution in [-0.2, 0) is 11.2 Å². The Bertz CT molecular complexity index is 674. The van der Waals surface area contributed by atoms with E-state index >= 15 is 0 Å². The first kappa shape index (κ1) is 12.0. The molecule has 0 saturated heterocycles. The Labute approximate surface area is 114 Å². The van der Waals surface area contributed by atoms with Gasteiger partial charge in [0.25, 0.3) is 0 Å². The maximum absolute atomic E-state index is 5.72. The highest BCUT2D eigenvalue weighted by molar-refractivity contribution is 5.54. The summed E-state index contributed by atoms with van der Waals surface area (Å²) in [5.74, 6) is 6.58. The third-order valence-corrected chi connectivity index (χ3v) is 3.69. The molecule has 1 heteroatoms. The van der Waals surface area contributed by atoms with Gasteiger partial charge in [-0.2, -0.15) is 0 Å². The Hall–Kier alpha value is -2.04. The van der Waals surface area contributed by atoms with Gasteiger partial charge in [-0.05, 0) is 35.7 Å². The number of rotatable bonds is 1. The van der Waals surface area contributed by atoms with Gasteiger partial charge in [-0.3, -0.25) is 0 Å². The molecule has 0 radical (unpaired) electrons. The molecule has 2 aromatic carbocycles. The molecule has 0 saturated carbocycles. The Morgan fingerprint density at radius 2 is 1.74 bits per heavy atom. The van der Waals surface area contributed by atoms with Crippen molar-refractivity contribution in [2.24, 2.45) is 0 Å². The van der Waals surface area contributed by atoms with E-state index in [1.807, 2.05) is 6.07 Å². The number of aryl methyl sites for hydroxylation is 1. The van der Waals surface area contributed by atoms with Crippen LogP contribution < -0.4 is 0 Å². The summed E-state index contributed by atoms with van der Waals surface area (Å²) in [4.78, 5) is 0. The minimum Gasteiger partial charge on any atom is -0.376 e. The summed E-state index contributed by atoms with van der Waals surface area (Å²) >= 11 is 0. The molecule has 3 rings (SSSR count). The van der Waals surface area contributed by atoms with E-state index in [0.29, 0.717) is 0 Å². The molecule has 0 heterocycles. The third kappa shape index (κ3) is 2.16. The fourth-order valence-electron chi connectivity index (χ4n) is 2.67. The van der Waals surface area contributed by atoms with Crippen LogP contribution in [0.25, 0.3) is 0 Å². The van der Waals surface area contributed by atoms with Crippen molar-refractivity contribution in [2.45, 2.75) is 19.4 Å². The van der Waals surface area contributed by atoms with Crippen LogP contribution in [0.2, 0.25) is 0 Å². The summed E-state index contributed by atoms with van der Waals surface area (Å²) in [6.07, 6.45) is 0.950. The smallest absolute Gasteiger partial charge is 0.0876 e. The largest absolute Gasteiger partial charge is 0.376 e. The lowest BCUT2D eigenvalue weighted by Crippen LogP contribution is -2.11. The third-order valence-electron chi connectivity index (χ3n) is 3.69. The topological polar surface area (TPSA) is 9.23 Å². The molecule has 0 bridgehead atoms. The fraction of sp³-hybridized carbons (Fsp3) is 0.222. The predicted octanol–water partition coefficient (Wildman–Crippen LogP) is 3.64. The lowest BCUT2D eigenvalue weighted by Gasteiger charge is -2.21. The Morgan fingerprint density at radius 3 is 2.58 bits per heavy atom. The summed E-state index contributed by atoms with van der Waals surface area (Å²) in [5, 5.41) is 0. The molecule has 1 atom stereocenters. The summed E-state index contributed by atoms with van der Waals surface area (Å²) < 4.78 is 5.72. The minimum atomic E-state index is 0.0759. The number of hydrogen-bond acceptors (Lipinski definition) is 1. The first-order chi connectivity index (χ1) is 9.29. The van der Waals surface area contributed by atoms with Crippen molar-refractivity contribution in [3.63, 3.8) is 0 Å². The van der Waals surface area contributed by atoms with Gasteiger partial charge in [0.1, 0.15) is 0 Å². The molecule has 1 nitrogen and oxygen atoms in total. The van der Waals surface area contributed by atoms with Gasteiger partial charge < -0.3 is 4.74 Å². The number of hydrogen-bond donors (Lipinski definition) is 0. The zero-order valence-electron chi connectivity index (χ0n) is 11.2. The first-order valence-corrected chi connectivity index (χ1v) is 6.52. The average Bonchev–Trinajstić information content (AvgIpc) is 2.41. The zero-order valence-corrected chi connectivity index (χ0v) is 11.2. The lowest BCUT2D eigenvalue weighted by molar-refractivity contribution is 0.103. The SMILES string of the molecule is COC1Cc2ccccc2C#Cc2cccc(C)c21. The van der Waals surface area contributed by atoms with E-state index in [4.69, 9.17) is 4.74 Å². The van der Waals surface area contributed by atoms with Gasteiger partial charge in [-0.1, -0.05) is 42.2 Å². The van der Waals surface area contributed by atoms with E-state index < -0.39 is 0 Å². The van der Waals surface area contributed by atoms with Crippen LogP contribution in [0, 0.1) is 18.8 Å². The molecular weight excluding hydrogens is 232 g/mol. The molecule has 0 spiro atoms. The van der Waals surface area contributed by atoms with Gasteiger partial charge in [0.15, 0.2) is 0 Å².